The predicted octanol–water partition coefficient (Wildman–Crippen LogP) is 7.03. The van der Waals surface area contributed by atoms with Gasteiger partial charge in [-0.05, 0) is 0 Å². The number of hydrogen-bond acceptors (Lipinski definition) is 2. The molecule has 1 aromatic rings. The van der Waals surface area contributed by atoms with Gasteiger partial charge in [-0.2, -0.15) is 0 Å². The van der Waals surface area contributed by atoms with Crippen LogP contribution in [0.3, 0.4) is 0 Å². The van der Waals surface area contributed by atoms with Gasteiger partial charge in [0.25, 0.3) is 0 Å². The summed E-state index contributed by atoms with van der Waals surface area (Å²) in [7, 11) is 6.18. The van der Waals surface area contributed by atoms with Crippen LogP contribution >= 0.6 is 0 Å². The second-order valence-electron chi connectivity index (χ2n) is 8.17. The molecular formula is C24H43NOSn. The Kier molecular flexibility index (Phi) is 12.4. The van der Waals surface area contributed by atoms with E-state index in [2.05, 4.69) is 70.1 Å². The molecule has 27 heavy (non-hydrogen) atoms. The number of hydrogen-bond donors (Lipinski definition) is 0. The molecule has 0 N–H and O–H groups in total. The summed E-state index contributed by atoms with van der Waals surface area (Å²) in [4.78, 5) is 2.30. The number of ether oxygens (including phenoxy) is 1. The van der Waals surface area contributed by atoms with E-state index in [0.717, 1.165) is 12.3 Å². The van der Waals surface area contributed by atoms with Crippen LogP contribution in [0, 0.1) is 0 Å². The molecule has 0 spiro atoms. The summed E-state index contributed by atoms with van der Waals surface area (Å²) in [6, 6.07) is 8.76. The molecule has 2 nitrogen and oxygen atoms in total. The number of methoxy groups -OCH3 is 1. The van der Waals surface area contributed by atoms with Crippen molar-refractivity contribution in [1.29, 1.82) is 0 Å². The minimum atomic E-state index is -2.53. The molecule has 0 aliphatic rings. The Morgan fingerprint density at radius 1 is 0.926 bits per heavy atom. The Labute approximate surface area is 173 Å². The summed E-state index contributed by atoms with van der Waals surface area (Å²) < 4.78 is 12.0. The van der Waals surface area contributed by atoms with Crippen molar-refractivity contribution in [2.45, 2.75) is 72.6 Å². The molecule has 0 radical (unpaired) electrons. The molecule has 0 aromatic heterocycles. The molecule has 0 aliphatic heterocycles. The molecule has 154 valence electrons. The standard InChI is InChI=1S/C12H16NO.3C4H9.Sn/c1-13(2)10-6-8-11-7-4-5-9-12(11)14-3;3*1-3-4-2;/h4-7,9H,10H2,1-3H3;3*1,3-4H2,2H3;. The Balaban J connectivity index is 3.51. The zero-order valence-corrected chi connectivity index (χ0v) is 21.7. The van der Waals surface area contributed by atoms with E-state index in [-0.39, 0.29) is 0 Å². The van der Waals surface area contributed by atoms with E-state index in [1.165, 1.54) is 57.4 Å². The Hall–Kier alpha value is -0.481. The summed E-state index contributed by atoms with van der Waals surface area (Å²) in [5.74, 6) is 1.06. The monoisotopic (exact) mass is 481 g/mol. The maximum absolute atomic E-state index is 5.82. The van der Waals surface area contributed by atoms with Crippen molar-refractivity contribution in [2.24, 2.45) is 0 Å². The van der Waals surface area contributed by atoms with Crippen LogP contribution in [-0.4, -0.2) is 51.0 Å². The number of para-hydroxylation sites is 1. The molecule has 1 aromatic carbocycles. The Morgan fingerprint density at radius 2 is 1.44 bits per heavy atom. The normalized spacial score (nSPS) is 12.6. The second kappa shape index (κ2) is 13.7. The molecule has 0 aliphatic carbocycles. The van der Waals surface area contributed by atoms with Gasteiger partial charge < -0.3 is 0 Å². The van der Waals surface area contributed by atoms with Gasteiger partial charge in [0.2, 0.25) is 0 Å². The fraction of sp³-hybridized carbons (Fsp3) is 0.667. The summed E-state index contributed by atoms with van der Waals surface area (Å²) in [5.41, 5.74) is 1.39. The fourth-order valence-electron chi connectivity index (χ4n) is 4.08. The third-order valence-corrected chi connectivity index (χ3v) is 21.5. The van der Waals surface area contributed by atoms with E-state index in [0.29, 0.717) is 0 Å². The predicted molar refractivity (Wildman–Crippen MR) is 124 cm³/mol. The molecule has 0 fully saturated rings. The third-order valence-electron chi connectivity index (χ3n) is 5.66. The zero-order valence-electron chi connectivity index (χ0n) is 18.8. The van der Waals surface area contributed by atoms with Crippen LogP contribution in [0.1, 0.15) is 64.9 Å². The van der Waals surface area contributed by atoms with Gasteiger partial charge in [0.05, 0.1) is 0 Å². The minimum absolute atomic E-state index is 1.02. The Bertz CT molecular complexity index is 531. The summed E-state index contributed by atoms with van der Waals surface area (Å²) in [6.07, 6.45) is 10.7. The number of likely N-dealkylation sites (N-methyl/N-ethyl adjacent to an activating group) is 1. The van der Waals surface area contributed by atoms with Crippen molar-refractivity contribution in [2.75, 3.05) is 27.7 Å². The molecule has 0 amide bonds. The number of benzene rings is 1. The topological polar surface area (TPSA) is 12.5 Å². The van der Waals surface area contributed by atoms with Crippen LogP contribution in [0.2, 0.25) is 13.3 Å². The van der Waals surface area contributed by atoms with Crippen molar-refractivity contribution < 1.29 is 4.74 Å². The molecule has 0 saturated heterocycles. The van der Waals surface area contributed by atoms with Gasteiger partial charge in [-0.3, -0.25) is 0 Å². The number of rotatable bonds is 14. The van der Waals surface area contributed by atoms with Crippen molar-refractivity contribution in [3.8, 4) is 5.75 Å². The van der Waals surface area contributed by atoms with Crippen molar-refractivity contribution in [3.63, 3.8) is 0 Å². The molecule has 0 atom stereocenters. The molecule has 1 rings (SSSR count). The van der Waals surface area contributed by atoms with Crippen LogP contribution < -0.4 is 4.74 Å². The molecule has 0 bridgehead atoms. The van der Waals surface area contributed by atoms with Crippen LogP contribution in [0.5, 0.6) is 5.75 Å². The van der Waals surface area contributed by atoms with Gasteiger partial charge in [0.15, 0.2) is 0 Å². The first-order valence-electron chi connectivity index (χ1n) is 11.0. The van der Waals surface area contributed by atoms with Gasteiger partial charge >= 0.3 is 174 Å². The van der Waals surface area contributed by atoms with Crippen LogP contribution in [0.15, 0.2) is 30.3 Å². The first-order chi connectivity index (χ1) is 13.0. The van der Waals surface area contributed by atoms with Crippen molar-refractivity contribution >= 4 is 22.0 Å². The van der Waals surface area contributed by atoms with Gasteiger partial charge in [-0.1, -0.05) is 0 Å². The van der Waals surface area contributed by atoms with E-state index in [1.54, 1.807) is 3.59 Å². The fourth-order valence-corrected chi connectivity index (χ4v) is 21.1. The van der Waals surface area contributed by atoms with E-state index in [4.69, 9.17) is 4.74 Å². The molecule has 0 unspecified atom stereocenters. The third kappa shape index (κ3) is 7.81. The first-order valence-corrected chi connectivity index (χ1v) is 18.5. The van der Waals surface area contributed by atoms with Crippen LogP contribution in [0.4, 0.5) is 0 Å². The summed E-state index contributed by atoms with van der Waals surface area (Å²) >= 11 is -2.53. The number of nitrogens with zero attached hydrogens (tertiary/aromatic N) is 1. The van der Waals surface area contributed by atoms with Gasteiger partial charge in [0.1, 0.15) is 0 Å². The average Bonchev–Trinajstić information content (AvgIpc) is 2.68. The van der Waals surface area contributed by atoms with E-state index < -0.39 is 18.4 Å². The summed E-state index contributed by atoms with van der Waals surface area (Å²) in [6.45, 7) is 8.07. The Morgan fingerprint density at radius 3 is 1.89 bits per heavy atom. The molecule has 3 heteroatoms. The number of unbranched alkanes of at least 4 members (excludes halogenated alkanes) is 3. The van der Waals surface area contributed by atoms with Crippen molar-refractivity contribution in [3.05, 3.63) is 35.9 Å². The quantitative estimate of drug-likeness (QED) is 0.265. The van der Waals surface area contributed by atoms with Crippen LogP contribution in [0.25, 0.3) is 3.59 Å². The second-order valence-corrected chi connectivity index (χ2v) is 21.3. The maximum atomic E-state index is 5.82. The zero-order chi connectivity index (χ0) is 20.1. The van der Waals surface area contributed by atoms with Crippen LogP contribution in [-0.2, 0) is 0 Å². The van der Waals surface area contributed by atoms with Gasteiger partial charge in [-0.15, -0.1) is 0 Å². The van der Waals surface area contributed by atoms with E-state index >= 15 is 0 Å². The van der Waals surface area contributed by atoms with E-state index in [9.17, 15) is 0 Å². The SMILES string of the molecule is CCC[CH2][Sn]([CH2]CCC)([CH2]CCC)/[C](=C/CN(C)C)c1ccccc1OC. The first kappa shape index (κ1) is 24.6. The van der Waals surface area contributed by atoms with Gasteiger partial charge in [0, 0.05) is 0 Å². The average molecular weight is 480 g/mol. The van der Waals surface area contributed by atoms with Gasteiger partial charge in [-0.25, -0.2) is 0 Å². The molecular weight excluding hydrogens is 437 g/mol. The van der Waals surface area contributed by atoms with E-state index in [1.807, 2.05) is 7.11 Å². The molecule has 0 saturated carbocycles. The van der Waals surface area contributed by atoms with Crippen molar-refractivity contribution in [1.82, 2.24) is 4.90 Å². The molecule has 0 heterocycles. The summed E-state index contributed by atoms with van der Waals surface area (Å²) in [5, 5.41) is 0.